The molecule has 1 aliphatic heterocycles. The van der Waals surface area contributed by atoms with E-state index >= 15 is 0 Å². The van der Waals surface area contributed by atoms with Crippen LogP contribution in [0.5, 0.6) is 0 Å². The SMILES string of the molecule is Cc1ccc(CNC(=O)N2CCN(c3ncc(C(=O)O)cc3Cl)CC2)cc1. The van der Waals surface area contributed by atoms with Crippen LogP contribution in [0.2, 0.25) is 5.02 Å². The Morgan fingerprint density at radius 1 is 1.19 bits per heavy atom. The van der Waals surface area contributed by atoms with Crippen LogP contribution in [0.3, 0.4) is 0 Å². The average Bonchev–Trinajstić information content (AvgIpc) is 2.67. The third-order valence-corrected chi connectivity index (χ3v) is 4.78. The Kier molecular flexibility index (Phi) is 5.81. The van der Waals surface area contributed by atoms with Crippen molar-refractivity contribution in [1.29, 1.82) is 0 Å². The van der Waals surface area contributed by atoms with Crippen LogP contribution in [-0.2, 0) is 6.54 Å². The highest BCUT2D eigenvalue weighted by atomic mass is 35.5. The summed E-state index contributed by atoms with van der Waals surface area (Å²) < 4.78 is 0. The second-order valence-corrected chi connectivity index (χ2v) is 6.86. The van der Waals surface area contributed by atoms with Gasteiger partial charge in [-0.2, -0.15) is 0 Å². The number of amides is 2. The number of rotatable bonds is 4. The van der Waals surface area contributed by atoms with Gasteiger partial charge in [-0.1, -0.05) is 41.4 Å². The van der Waals surface area contributed by atoms with Crippen molar-refractivity contribution in [2.45, 2.75) is 13.5 Å². The number of pyridine rings is 1. The maximum absolute atomic E-state index is 12.4. The monoisotopic (exact) mass is 388 g/mol. The zero-order valence-electron chi connectivity index (χ0n) is 15.0. The molecule has 0 aliphatic carbocycles. The molecule has 0 bridgehead atoms. The number of carboxylic acid groups (broad SMARTS) is 1. The molecule has 2 aromatic rings. The lowest BCUT2D eigenvalue weighted by molar-refractivity contribution is 0.0696. The number of nitrogens with zero attached hydrogens (tertiary/aromatic N) is 3. The molecule has 27 heavy (non-hydrogen) atoms. The first-order chi connectivity index (χ1) is 12.9. The summed E-state index contributed by atoms with van der Waals surface area (Å²) in [5, 5.41) is 12.2. The zero-order valence-corrected chi connectivity index (χ0v) is 15.7. The van der Waals surface area contributed by atoms with Crippen molar-refractivity contribution in [3.8, 4) is 0 Å². The summed E-state index contributed by atoms with van der Waals surface area (Å²) in [7, 11) is 0. The Balaban J connectivity index is 1.53. The van der Waals surface area contributed by atoms with Crippen LogP contribution < -0.4 is 10.2 Å². The van der Waals surface area contributed by atoms with E-state index in [1.165, 1.54) is 17.8 Å². The van der Waals surface area contributed by atoms with Gasteiger partial charge in [0.15, 0.2) is 0 Å². The van der Waals surface area contributed by atoms with Gasteiger partial charge in [-0.05, 0) is 18.6 Å². The van der Waals surface area contributed by atoms with Gasteiger partial charge in [0, 0.05) is 38.9 Å². The molecule has 1 aromatic carbocycles. The molecule has 8 heteroatoms. The summed E-state index contributed by atoms with van der Waals surface area (Å²) in [6.45, 7) is 4.76. The Labute approximate surface area is 162 Å². The summed E-state index contributed by atoms with van der Waals surface area (Å²) >= 11 is 6.17. The van der Waals surface area contributed by atoms with E-state index in [1.807, 2.05) is 36.1 Å². The third-order valence-electron chi connectivity index (χ3n) is 4.50. The highest BCUT2D eigenvalue weighted by Gasteiger charge is 2.23. The lowest BCUT2D eigenvalue weighted by Crippen LogP contribution is -2.52. The number of nitrogens with one attached hydrogen (secondary N) is 1. The van der Waals surface area contributed by atoms with Crippen molar-refractivity contribution < 1.29 is 14.7 Å². The van der Waals surface area contributed by atoms with Gasteiger partial charge in [-0.25, -0.2) is 14.6 Å². The molecular weight excluding hydrogens is 368 g/mol. The Morgan fingerprint density at radius 2 is 1.85 bits per heavy atom. The molecule has 2 heterocycles. The minimum absolute atomic E-state index is 0.0536. The number of aryl methyl sites for hydroxylation is 1. The fourth-order valence-electron chi connectivity index (χ4n) is 2.90. The quantitative estimate of drug-likeness (QED) is 0.841. The van der Waals surface area contributed by atoms with Gasteiger partial charge in [0.1, 0.15) is 5.82 Å². The van der Waals surface area contributed by atoms with E-state index in [1.54, 1.807) is 4.90 Å². The second kappa shape index (κ2) is 8.26. The predicted octanol–water partition coefficient (Wildman–Crippen LogP) is 2.77. The number of hydrogen-bond acceptors (Lipinski definition) is 4. The molecule has 7 nitrogen and oxygen atoms in total. The maximum Gasteiger partial charge on any atom is 0.337 e. The van der Waals surface area contributed by atoms with Gasteiger partial charge in [0.2, 0.25) is 0 Å². The fraction of sp³-hybridized carbons (Fsp3) is 0.316. The van der Waals surface area contributed by atoms with E-state index in [-0.39, 0.29) is 11.6 Å². The van der Waals surface area contributed by atoms with Crippen LogP contribution >= 0.6 is 11.6 Å². The van der Waals surface area contributed by atoms with E-state index in [4.69, 9.17) is 16.7 Å². The molecule has 0 spiro atoms. The van der Waals surface area contributed by atoms with Crippen molar-refractivity contribution in [2.75, 3.05) is 31.1 Å². The lowest BCUT2D eigenvalue weighted by atomic mass is 10.1. The van der Waals surface area contributed by atoms with Crippen molar-refractivity contribution in [3.05, 3.63) is 58.2 Å². The summed E-state index contributed by atoms with van der Waals surface area (Å²) in [6, 6.07) is 9.34. The topological polar surface area (TPSA) is 85.8 Å². The predicted molar refractivity (Wildman–Crippen MR) is 103 cm³/mol. The number of carboxylic acids is 1. The number of piperazine rings is 1. The molecule has 0 atom stereocenters. The van der Waals surface area contributed by atoms with Crippen molar-refractivity contribution >= 4 is 29.4 Å². The molecule has 1 aromatic heterocycles. The summed E-state index contributed by atoms with van der Waals surface area (Å²) in [5.41, 5.74) is 2.30. The normalized spacial score (nSPS) is 14.1. The fourth-order valence-corrected chi connectivity index (χ4v) is 3.18. The minimum Gasteiger partial charge on any atom is -0.478 e. The molecular formula is C19H21ClN4O3. The first-order valence-electron chi connectivity index (χ1n) is 8.66. The first-order valence-corrected chi connectivity index (χ1v) is 9.04. The van der Waals surface area contributed by atoms with Crippen LogP contribution in [0.4, 0.5) is 10.6 Å². The molecule has 0 unspecified atom stereocenters. The van der Waals surface area contributed by atoms with E-state index < -0.39 is 5.97 Å². The van der Waals surface area contributed by atoms with Gasteiger partial charge in [-0.3, -0.25) is 0 Å². The molecule has 3 rings (SSSR count). The largest absolute Gasteiger partial charge is 0.478 e. The average molecular weight is 389 g/mol. The number of anilines is 1. The number of halogens is 1. The number of urea groups is 1. The van der Waals surface area contributed by atoms with Crippen LogP contribution in [-0.4, -0.2) is 53.2 Å². The molecule has 2 N–H and O–H groups in total. The van der Waals surface area contributed by atoms with Crippen LogP contribution in [0.1, 0.15) is 21.5 Å². The van der Waals surface area contributed by atoms with Gasteiger partial charge in [0.25, 0.3) is 0 Å². The number of benzene rings is 1. The van der Waals surface area contributed by atoms with Gasteiger partial charge < -0.3 is 20.2 Å². The van der Waals surface area contributed by atoms with Crippen molar-refractivity contribution in [3.63, 3.8) is 0 Å². The van der Waals surface area contributed by atoms with Gasteiger partial charge in [0.05, 0.1) is 10.6 Å². The highest BCUT2D eigenvalue weighted by Crippen LogP contribution is 2.25. The number of carbonyl (C=O) groups is 2. The van der Waals surface area contributed by atoms with Crippen LogP contribution in [0, 0.1) is 6.92 Å². The number of hydrogen-bond donors (Lipinski definition) is 2. The zero-order chi connectivity index (χ0) is 19.4. The third kappa shape index (κ3) is 4.68. The number of aromatic nitrogens is 1. The smallest absolute Gasteiger partial charge is 0.337 e. The molecule has 2 amide bonds. The van der Waals surface area contributed by atoms with Crippen molar-refractivity contribution in [2.24, 2.45) is 0 Å². The van der Waals surface area contributed by atoms with Gasteiger partial charge in [-0.15, -0.1) is 0 Å². The first kappa shape index (κ1) is 19.0. The van der Waals surface area contributed by atoms with Gasteiger partial charge >= 0.3 is 12.0 Å². The Hall–Kier alpha value is -2.80. The molecule has 1 saturated heterocycles. The molecule has 142 valence electrons. The molecule has 1 fully saturated rings. The maximum atomic E-state index is 12.4. The highest BCUT2D eigenvalue weighted by molar-refractivity contribution is 6.33. The lowest BCUT2D eigenvalue weighted by Gasteiger charge is -2.35. The Morgan fingerprint density at radius 3 is 2.44 bits per heavy atom. The van der Waals surface area contributed by atoms with E-state index in [0.717, 1.165) is 5.56 Å². The van der Waals surface area contributed by atoms with E-state index in [0.29, 0.717) is 43.6 Å². The number of aromatic carboxylic acids is 1. The number of carbonyl (C=O) groups excluding carboxylic acids is 1. The summed E-state index contributed by atoms with van der Waals surface area (Å²) in [4.78, 5) is 31.2. The van der Waals surface area contributed by atoms with Crippen molar-refractivity contribution in [1.82, 2.24) is 15.2 Å². The molecule has 0 radical (unpaired) electrons. The van der Waals surface area contributed by atoms with Crippen LogP contribution in [0.25, 0.3) is 0 Å². The second-order valence-electron chi connectivity index (χ2n) is 6.45. The minimum atomic E-state index is -1.06. The summed E-state index contributed by atoms with van der Waals surface area (Å²) in [6.07, 6.45) is 1.30. The van der Waals surface area contributed by atoms with Crippen LogP contribution in [0.15, 0.2) is 36.5 Å². The summed E-state index contributed by atoms with van der Waals surface area (Å²) in [5.74, 6) is -0.521. The van der Waals surface area contributed by atoms with E-state index in [9.17, 15) is 9.59 Å². The Bertz CT molecular complexity index is 833. The molecule has 1 aliphatic rings. The standard InChI is InChI=1S/C19H21ClN4O3/c1-13-2-4-14(5-3-13)11-22-19(27)24-8-6-23(7-9-24)17-16(20)10-15(12-21-17)18(25)26/h2-5,10,12H,6-9,11H2,1H3,(H,22,27)(H,25,26). The van der Waals surface area contributed by atoms with E-state index in [2.05, 4.69) is 10.3 Å². The molecule has 0 saturated carbocycles.